The number of hydrazine groups is 1. The van der Waals surface area contributed by atoms with E-state index in [1.54, 1.807) is 0 Å². The van der Waals surface area contributed by atoms with Gasteiger partial charge in [0.25, 0.3) is 0 Å². The fourth-order valence-electron chi connectivity index (χ4n) is 2.23. The number of ether oxygens (including phenoxy) is 1. The van der Waals surface area contributed by atoms with Crippen molar-refractivity contribution in [2.45, 2.75) is 46.5 Å². The first-order valence-corrected chi connectivity index (χ1v) is 9.70. The number of rotatable bonds is 9. The molecule has 0 amide bonds. The summed E-state index contributed by atoms with van der Waals surface area (Å²) in [5.41, 5.74) is 6.66. The molecule has 1 aromatic rings. The van der Waals surface area contributed by atoms with Crippen LogP contribution in [0, 0.1) is 5.92 Å². The SMILES string of the molecule is CCCCC[C@H](C)CNC(=S)NNC(=S)Nc1ccc(OCC)cc1. The lowest BCUT2D eigenvalue weighted by Gasteiger charge is -2.17. The molecule has 0 heterocycles. The zero-order chi connectivity index (χ0) is 18.5. The van der Waals surface area contributed by atoms with Crippen LogP contribution in [0.3, 0.4) is 0 Å². The quantitative estimate of drug-likeness (QED) is 0.293. The third-order valence-corrected chi connectivity index (χ3v) is 4.07. The second-order valence-electron chi connectivity index (χ2n) is 5.97. The molecule has 0 radical (unpaired) electrons. The van der Waals surface area contributed by atoms with E-state index in [1.807, 2.05) is 31.2 Å². The van der Waals surface area contributed by atoms with Gasteiger partial charge >= 0.3 is 0 Å². The molecule has 7 heteroatoms. The summed E-state index contributed by atoms with van der Waals surface area (Å²) in [4.78, 5) is 0. The van der Waals surface area contributed by atoms with Crippen molar-refractivity contribution in [3.8, 4) is 5.75 Å². The summed E-state index contributed by atoms with van der Waals surface area (Å²) < 4.78 is 5.41. The second-order valence-corrected chi connectivity index (χ2v) is 6.79. The third-order valence-electron chi connectivity index (χ3n) is 3.62. The first-order chi connectivity index (χ1) is 12.0. The van der Waals surface area contributed by atoms with Crippen LogP contribution >= 0.6 is 24.4 Å². The number of hydrogen-bond acceptors (Lipinski definition) is 3. The maximum atomic E-state index is 5.41. The highest BCUT2D eigenvalue weighted by atomic mass is 32.1. The van der Waals surface area contributed by atoms with Gasteiger partial charge in [0.2, 0.25) is 0 Å². The summed E-state index contributed by atoms with van der Waals surface area (Å²) in [5.74, 6) is 1.43. The van der Waals surface area contributed by atoms with E-state index in [2.05, 4.69) is 35.3 Å². The van der Waals surface area contributed by atoms with E-state index < -0.39 is 0 Å². The maximum absolute atomic E-state index is 5.41. The molecule has 25 heavy (non-hydrogen) atoms. The Kier molecular flexibility index (Phi) is 10.9. The Labute approximate surface area is 162 Å². The van der Waals surface area contributed by atoms with Gasteiger partial charge in [0.1, 0.15) is 5.75 Å². The highest BCUT2D eigenvalue weighted by molar-refractivity contribution is 7.80. The first-order valence-electron chi connectivity index (χ1n) is 8.88. The minimum atomic E-state index is 0.448. The van der Waals surface area contributed by atoms with Crippen molar-refractivity contribution in [2.75, 3.05) is 18.5 Å². The summed E-state index contributed by atoms with van der Waals surface area (Å²) in [6, 6.07) is 7.61. The van der Waals surface area contributed by atoms with Crippen molar-refractivity contribution in [2.24, 2.45) is 5.92 Å². The Bertz CT molecular complexity index is 522. The molecule has 5 nitrogen and oxygen atoms in total. The second kappa shape index (κ2) is 12.7. The van der Waals surface area contributed by atoms with E-state index in [1.165, 1.54) is 25.7 Å². The standard InChI is InChI=1S/C18H30N4OS2/c1-4-6-7-8-14(3)13-19-17(24)21-22-18(25)20-15-9-11-16(12-10-15)23-5-2/h9-12,14H,4-8,13H2,1-3H3,(H2,19,21,24)(H2,20,22,25)/t14-/m0/s1. The molecule has 0 saturated carbocycles. The average Bonchev–Trinajstić information content (AvgIpc) is 2.60. The van der Waals surface area contributed by atoms with E-state index in [9.17, 15) is 0 Å². The van der Waals surface area contributed by atoms with E-state index in [0.29, 0.717) is 22.7 Å². The van der Waals surface area contributed by atoms with Crippen molar-refractivity contribution in [1.29, 1.82) is 0 Å². The van der Waals surface area contributed by atoms with Crippen LogP contribution in [-0.4, -0.2) is 23.4 Å². The van der Waals surface area contributed by atoms with Gasteiger partial charge < -0.3 is 15.4 Å². The van der Waals surface area contributed by atoms with Crippen LogP contribution in [0.2, 0.25) is 0 Å². The zero-order valence-corrected chi connectivity index (χ0v) is 17.0. The van der Waals surface area contributed by atoms with Crippen LogP contribution in [0.15, 0.2) is 24.3 Å². The van der Waals surface area contributed by atoms with E-state index in [-0.39, 0.29) is 0 Å². The molecule has 4 N–H and O–H groups in total. The Morgan fingerprint density at radius 2 is 1.72 bits per heavy atom. The molecule has 1 atom stereocenters. The van der Waals surface area contributed by atoms with Crippen molar-refractivity contribution >= 4 is 40.3 Å². The summed E-state index contributed by atoms with van der Waals surface area (Å²) in [7, 11) is 0. The number of hydrogen-bond donors (Lipinski definition) is 4. The predicted molar refractivity (Wildman–Crippen MR) is 114 cm³/mol. The molecule has 0 bridgehead atoms. The van der Waals surface area contributed by atoms with Gasteiger partial charge in [-0.1, -0.05) is 33.1 Å². The van der Waals surface area contributed by atoms with Gasteiger partial charge in [-0.2, -0.15) is 0 Å². The summed E-state index contributed by atoms with van der Waals surface area (Å²) in [6.07, 6.45) is 5.03. The van der Waals surface area contributed by atoms with Gasteiger partial charge in [-0.3, -0.25) is 10.9 Å². The van der Waals surface area contributed by atoms with Crippen molar-refractivity contribution < 1.29 is 4.74 Å². The van der Waals surface area contributed by atoms with Crippen LogP contribution in [-0.2, 0) is 0 Å². The minimum Gasteiger partial charge on any atom is -0.494 e. The lowest BCUT2D eigenvalue weighted by molar-refractivity contribution is 0.340. The van der Waals surface area contributed by atoms with Gasteiger partial charge in [-0.15, -0.1) is 0 Å². The monoisotopic (exact) mass is 382 g/mol. The van der Waals surface area contributed by atoms with Gasteiger partial charge in [-0.05, 0) is 68.0 Å². The number of nitrogens with one attached hydrogen (secondary N) is 4. The van der Waals surface area contributed by atoms with Crippen LogP contribution in [0.5, 0.6) is 5.75 Å². The Balaban J connectivity index is 2.21. The zero-order valence-electron chi connectivity index (χ0n) is 15.4. The molecular weight excluding hydrogens is 352 g/mol. The topological polar surface area (TPSA) is 57.3 Å². The molecule has 0 aliphatic rings. The lowest BCUT2D eigenvalue weighted by Crippen LogP contribution is -2.48. The number of unbranched alkanes of at least 4 members (excludes halogenated alkanes) is 2. The first kappa shape index (κ1) is 21.4. The normalized spacial score (nSPS) is 11.3. The number of anilines is 1. The van der Waals surface area contributed by atoms with E-state index in [0.717, 1.165) is 18.0 Å². The highest BCUT2D eigenvalue weighted by Gasteiger charge is 2.04. The van der Waals surface area contributed by atoms with Crippen LogP contribution in [0.4, 0.5) is 5.69 Å². The third kappa shape index (κ3) is 10.1. The molecule has 1 aromatic carbocycles. The fourth-order valence-corrected chi connectivity index (χ4v) is 2.54. The minimum absolute atomic E-state index is 0.448. The Morgan fingerprint density at radius 1 is 1.04 bits per heavy atom. The molecule has 0 aliphatic carbocycles. The molecule has 0 aromatic heterocycles. The summed E-state index contributed by atoms with van der Waals surface area (Å²) in [6.45, 7) is 7.92. The highest BCUT2D eigenvalue weighted by Crippen LogP contribution is 2.15. The van der Waals surface area contributed by atoms with Gasteiger partial charge in [-0.25, -0.2) is 0 Å². The van der Waals surface area contributed by atoms with Crippen LogP contribution < -0.4 is 26.2 Å². The molecule has 0 unspecified atom stereocenters. The average molecular weight is 383 g/mol. The Morgan fingerprint density at radius 3 is 2.36 bits per heavy atom. The van der Waals surface area contributed by atoms with Crippen LogP contribution in [0.1, 0.15) is 46.5 Å². The van der Waals surface area contributed by atoms with Crippen LogP contribution in [0.25, 0.3) is 0 Å². The molecule has 0 fully saturated rings. The molecule has 0 saturated heterocycles. The van der Waals surface area contributed by atoms with E-state index in [4.69, 9.17) is 29.2 Å². The molecular formula is C18H30N4OS2. The van der Waals surface area contributed by atoms with Gasteiger partial charge in [0.05, 0.1) is 6.61 Å². The summed E-state index contributed by atoms with van der Waals surface area (Å²) in [5, 5.41) is 7.27. The molecule has 0 aliphatic heterocycles. The lowest BCUT2D eigenvalue weighted by atomic mass is 10.0. The smallest absolute Gasteiger partial charge is 0.189 e. The van der Waals surface area contributed by atoms with Crippen molar-refractivity contribution in [3.05, 3.63) is 24.3 Å². The largest absolute Gasteiger partial charge is 0.494 e. The molecule has 140 valence electrons. The van der Waals surface area contributed by atoms with Gasteiger partial charge in [0, 0.05) is 12.2 Å². The maximum Gasteiger partial charge on any atom is 0.189 e. The predicted octanol–water partition coefficient (Wildman–Crippen LogP) is 3.97. The van der Waals surface area contributed by atoms with Gasteiger partial charge in [0.15, 0.2) is 10.2 Å². The van der Waals surface area contributed by atoms with Crippen molar-refractivity contribution in [1.82, 2.24) is 16.2 Å². The number of benzene rings is 1. The van der Waals surface area contributed by atoms with Crippen molar-refractivity contribution in [3.63, 3.8) is 0 Å². The molecule has 1 rings (SSSR count). The molecule has 0 spiro atoms. The fraction of sp³-hybridized carbons (Fsp3) is 0.556. The Hall–Kier alpha value is -1.60. The van der Waals surface area contributed by atoms with E-state index >= 15 is 0 Å². The number of thiocarbonyl (C=S) groups is 2. The summed E-state index contributed by atoms with van der Waals surface area (Å²) >= 11 is 10.5.